The Labute approximate surface area is 101 Å². The zero-order valence-corrected chi connectivity index (χ0v) is 10.3. The molecule has 1 rings (SSSR count). The summed E-state index contributed by atoms with van der Waals surface area (Å²) in [4.78, 5) is 6.01. The lowest BCUT2D eigenvalue weighted by Gasteiger charge is -2.19. The molecule has 1 atom stereocenters. The summed E-state index contributed by atoms with van der Waals surface area (Å²) in [5.41, 5.74) is 1.07. The van der Waals surface area contributed by atoms with E-state index in [2.05, 4.69) is 4.98 Å². The minimum absolute atomic E-state index is 0.350. The molecule has 0 spiro atoms. The van der Waals surface area contributed by atoms with Crippen LogP contribution in [-0.2, 0) is 11.3 Å². The first-order chi connectivity index (χ1) is 7.61. The van der Waals surface area contributed by atoms with Gasteiger partial charge in [-0.15, -0.1) is 0 Å². The lowest BCUT2D eigenvalue weighted by molar-refractivity contribution is 0.0418. The van der Waals surface area contributed by atoms with Crippen LogP contribution >= 0.6 is 11.6 Å². The van der Waals surface area contributed by atoms with E-state index < -0.39 is 6.10 Å². The monoisotopic (exact) mass is 244 g/mol. The van der Waals surface area contributed by atoms with E-state index in [1.54, 1.807) is 19.4 Å². The van der Waals surface area contributed by atoms with Crippen molar-refractivity contribution >= 4 is 11.6 Å². The quantitative estimate of drug-likeness (QED) is 0.764. The fourth-order valence-electron chi connectivity index (χ4n) is 1.48. The van der Waals surface area contributed by atoms with Crippen molar-refractivity contribution < 1.29 is 9.84 Å². The number of rotatable bonds is 6. The van der Waals surface area contributed by atoms with Gasteiger partial charge >= 0.3 is 0 Å². The van der Waals surface area contributed by atoms with Crippen molar-refractivity contribution in [3.63, 3.8) is 0 Å². The summed E-state index contributed by atoms with van der Waals surface area (Å²) in [5.74, 6) is 0. The van der Waals surface area contributed by atoms with Crippen LogP contribution in [0.15, 0.2) is 18.3 Å². The van der Waals surface area contributed by atoms with Gasteiger partial charge in [0.05, 0.1) is 12.7 Å². The molecule has 1 aromatic rings. The van der Waals surface area contributed by atoms with Crippen LogP contribution in [0.3, 0.4) is 0 Å². The Morgan fingerprint density at radius 3 is 2.88 bits per heavy atom. The molecule has 0 saturated carbocycles. The lowest BCUT2D eigenvalue weighted by Crippen LogP contribution is -2.31. The maximum Gasteiger partial charge on any atom is 0.129 e. The average molecular weight is 245 g/mol. The van der Waals surface area contributed by atoms with E-state index >= 15 is 0 Å². The number of methoxy groups -OCH3 is 1. The van der Waals surface area contributed by atoms with Crippen LogP contribution in [0.25, 0.3) is 0 Å². The Bertz CT molecular complexity index is 305. The number of hydrogen-bond acceptors (Lipinski definition) is 4. The SMILES string of the molecule is COCC(O)CN(C)Cc1ccc(Cl)nc1. The van der Waals surface area contributed by atoms with Crippen LogP contribution in [0.1, 0.15) is 5.56 Å². The average Bonchev–Trinajstić information content (AvgIpc) is 2.21. The van der Waals surface area contributed by atoms with Gasteiger partial charge in [0.15, 0.2) is 0 Å². The molecule has 0 aliphatic rings. The van der Waals surface area contributed by atoms with Crippen LogP contribution in [-0.4, -0.2) is 48.4 Å². The molecule has 5 heteroatoms. The van der Waals surface area contributed by atoms with E-state index in [9.17, 15) is 5.11 Å². The molecule has 0 bridgehead atoms. The Balaban J connectivity index is 2.39. The van der Waals surface area contributed by atoms with Gasteiger partial charge in [0, 0.05) is 26.4 Å². The minimum atomic E-state index is -0.463. The molecule has 1 heterocycles. The lowest BCUT2D eigenvalue weighted by atomic mass is 10.2. The van der Waals surface area contributed by atoms with E-state index in [4.69, 9.17) is 16.3 Å². The van der Waals surface area contributed by atoms with Gasteiger partial charge in [-0.1, -0.05) is 17.7 Å². The third-order valence-corrected chi connectivity index (χ3v) is 2.35. The molecule has 0 amide bonds. The molecule has 1 aromatic heterocycles. The number of ether oxygens (including phenoxy) is 1. The fraction of sp³-hybridized carbons (Fsp3) is 0.545. The standard InChI is InChI=1S/C11H17ClN2O2/c1-14(7-10(15)8-16-2)6-9-3-4-11(12)13-5-9/h3-5,10,15H,6-8H2,1-2H3. The summed E-state index contributed by atoms with van der Waals surface area (Å²) >= 11 is 5.69. The van der Waals surface area contributed by atoms with E-state index in [1.807, 2.05) is 18.0 Å². The van der Waals surface area contributed by atoms with Gasteiger partial charge in [-0.2, -0.15) is 0 Å². The maximum absolute atomic E-state index is 9.54. The number of aliphatic hydroxyl groups is 1. The Kier molecular flexibility index (Phi) is 5.69. The number of hydrogen-bond donors (Lipinski definition) is 1. The molecule has 1 unspecified atom stereocenters. The summed E-state index contributed by atoms with van der Waals surface area (Å²) in [7, 11) is 3.51. The molecule has 4 nitrogen and oxygen atoms in total. The highest BCUT2D eigenvalue weighted by molar-refractivity contribution is 6.29. The molecule has 1 N–H and O–H groups in total. The molecule has 16 heavy (non-hydrogen) atoms. The van der Waals surface area contributed by atoms with Gasteiger partial charge in [0.25, 0.3) is 0 Å². The number of likely N-dealkylation sites (N-methyl/N-ethyl adjacent to an activating group) is 1. The fourth-order valence-corrected chi connectivity index (χ4v) is 1.59. The van der Waals surface area contributed by atoms with Crippen molar-refractivity contribution in [1.29, 1.82) is 0 Å². The van der Waals surface area contributed by atoms with Crippen molar-refractivity contribution in [2.45, 2.75) is 12.6 Å². The largest absolute Gasteiger partial charge is 0.389 e. The third-order valence-electron chi connectivity index (χ3n) is 2.12. The van der Waals surface area contributed by atoms with Crippen molar-refractivity contribution in [3.8, 4) is 0 Å². The summed E-state index contributed by atoms with van der Waals surface area (Å²) in [5, 5.41) is 10.0. The van der Waals surface area contributed by atoms with E-state index in [0.717, 1.165) is 12.1 Å². The summed E-state index contributed by atoms with van der Waals surface area (Å²) < 4.78 is 4.86. The van der Waals surface area contributed by atoms with Crippen molar-refractivity contribution in [1.82, 2.24) is 9.88 Å². The summed E-state index contributed by atoms with van der Waals surface area (Å²) in [6, 6.07) is 3.69. The Hall–Kier alpha value is -0.680. The number of nitrogens with zero attached hydrogens (tertiary/aromatic N) is 2. The second-order valence-corrected chi connectivity index (χ2v) is 4.18. The predicted molar refractivity (Wildman–Crippen MR) is 63.5 cm³/mol. The topological polar surface area (TPSA) is 45.6 Å². The molecule has 0 fully saturated rings. The number of halogens is 1. The van der Waals surface area contributed by atoms with Gasteiger partial charge in [-0.3, -0.25) is 4.90 Å². The molecule has 0 aromatic carbocycles. The molecule has 0 radical (unpaired) electrons. The molecule has 90 valence electrons. The van der Waals surface area contributed by atoms with Crippen LogP contribution in [0.2, 0.25) is 5.15 Å². The van der Waals surface area contributed by atoms with Crippen molar-refractivity contribution in [3.05, 3.63) is 29.0 Å². The van der Waals surface area contributed by atoms with Gasteiger partial charge < -0.3 is 9.84 Å². The van der Waals surface area contributed by atoms with Crippen LogP contribution in [0, 0.1) is 0 Å². The van der Waals surface area contributed by atoms with Gasteiger partial charge in [0.1, 0.15) is 5.15 Å². The summed E-state index contributed by atoms with van der Waals surface area (Å²) in [6.45, 7) is 1.64. The van der Waals surface area contributed by atoms with E-state index in [0.29, 0.717) is 18.3 Å². The van der Waals surface area contributed by atoms with Gasteiger partial charge in [0.2, 0.25) is 0 Å². The molecular weight excluding hydrogens is 228 g/mol. The van der Waals surface area contributed by atoms with Crippen molar-refractivity contribution in [2.24, 2.45) is 0 Å². The maximum atomic E-state index is 9.54. The molecule has 0 aliphatic carbocycles. The highest BCUT2D eigenvalue weighted by Gasteiger charge is 2.08. The zero-order valence-electron chi connectivity index (χ0n) is 9.56. The van der Waals surface area contributed by atoms with E-state index in [1.165, 1.54) is 0 Å². The Morgan fingerprint density at radius 1 is 1.56 bits per heavy atom. The normalized spacial score (nSPS) is 13.1. The smallest absolute Gasteiger partial charge is 0.129 e. The highest BCUT2D eigenvalue weighted by atomic mass is 35.5. The predicted octanol–water partition coefficient (Wildman–Crippen LogP) is 1.17. The number of pyridine rings is 1. The Morgan fingerprint density at radius 2 is 2.31 bits per heavy atom. The zero-order chi connectivity index (χ0) is 12.0. The van der Waals surface area contributed by atoms with Crippen molar-refractivity contribution in [2.75, 3.05) is 27.3 Å². The minimum Gasteiger partial charge on any atom is -0.389 e. The van der Waals surface area contributed by atoms with Crippen LogP contribution < -0.4 is 0 Å². The van der Waals surface area contributed by atoms with Gasteiger partial charge in [-0.05, 0) is 18.7 Å². The first-order valence-electron chi connectivity index (χ1n) is 5.07. The molecule has 0 saturated heterocycles. The second-order valence-electron chi connectivity index (χ2n) is 3.80. The third kappa shape index (κ3) is 4.90. The van der Waals surface area contributed by atoms with E-state index in [-0.39, 0.29) is 0 Å². The molecular formula is C11H17ClN2O2. The second kappa shape index (κ2) is 6.81. The highest BCUT2D eigenvalue weighted by Crippen LogP contribution is 2.07. The first-order valence-corrected chi connectivity index (χ1v) is 5.45. The number of aliphatic hydroxyl groups excluding tert-OH is 1. The summed E-state index contributed by atoms with van der Waals surface area (Å²) in [6.07, 6.45) is 1.27. The first kappa shape index (κ1) is 13.4. The van der Waals surface area contributed by atoms with Crippen LogP contribution in [0.5, 0.6) is 0 Å². The van der Waals surface area contributed by atoms with Gasteiger partial charge in [-0.25, -0.2) is 4.98 Å². The van der Waals surface area contributed by atoms with Crippen LogP contribution in [0.4, 0.5) is 0 Å². The number of aromatic nitrogens is 1. The molecule has 0 aliphatic heterocycles.